The number of aromatic nitrogens is 4. The SMILES string of the molecule is C=C[C@]1(CO)C(=C)[C@@H](n2cnc3c(C)ncnc32)C[C@@H]1O. The minimum Gasteiger partial charge on any atom is -0.395 e. The summed E-state index contributed by atoms with van der Waals surface area (Å²) < 4.78 is 1.89. The summed E-state index contributed by atoms with van der Waals surface area (Å²) in [4.78, 5) is 12.8. The van der Waals surface area contributed by atoms with Gasteiger partial charge in [-0.25, -0.2) is 15.0 Å². The van der Waals surface area contributed by atoms with Gasteiger partial charge in [0.1, 0.15) is 11.8 Å². The number of nitrogens with zero attached hydrogens (tertiary/aromatic N) is 4. The first-order chi connectivity index (χ1) is 10.0. The van der Waals surface area contributed by atoms with Crippen LogP contribution in [0.4, 0.5) is 0 Å². The van der Waals surface area contributed by atoms with Gasteiger partial charge in [0.25, 0.3) is 0 Å². The van der Waals surface area contributed by atoms with Crippen molar-refractivity contribution in [3.8, 4) is 0 Å². The Balaban J connectivity index is 2.11. The van der Waals surface area contributed by atoms with E-state index in [1.807, 2.05) is 11.5 Å². The lowest BCUT2D eigenvalue weighted by Gasteiger charge is -2.28. The molecule has 1 saturated carbocycles. The molecule has 0 spiro atoms. The molecule has 2 N–H and O–H groups in total. The molecule has 1 fully saturated rings. The van der Waals surface area contributed by atoms with Crippen LogP contribution in [0.3, 0.4) is 0 Å². The number of hydrogen-bond donors (Lipinski definition) is 2. The molecule has 6 nitrogen and oxygen atoms in total. The highest BCUT2D eigenvalue weighted by atomic mass is 16.3. The van der Waals surface area contributed by atoms with Crippen molar-refractivity contribution in [3.63, 3.8) is 0 Å². The summed E-state index contributed by atoms with van der Waals surface area (Å²) in [7, 11) is 0. The summed E-state index contributed by atoms with van der Waals surface area (Å²) in [6.07, 6.45) is 4.49. The Labute approximate surface area is 122 Å². The molecule has 0 radical (unpaired) electrons. The second-order valence-electron chi connectivity index (χ2n) is 5.48. The van der Waals surface area contributed by atoms with E-state index in [-0.39, 0.29) is 12.6 Å². The van der Waals surface area contributed by atoms with E-state index in [0.717, 1.165) is 16.8 Å². The monoisotopic (exact) mass is 286 g/mol. The second kappa shape index (κ2) is 4.75. The lowest BCUT2D eigenvalue weighted by molar-refractivity contribution is 0.0579. The average molecular weight is 286 g/mol. The Bertz CT molecular complexity index is 724. The maximum absolute atomic E-state index is 10.3. The summed E-state index contributed by atoms with van der Waals surface area (Å²) in [5.41, 5.74) is 2.10. The quantitative estimate of drug-likeness (QED) is 0.827. The highest BCUT2D eigenvalue weighted by Crippen LogP contribution is 2.49. The number of aliphatic hydroxyl groups excluding tert-OH is 2. The maximum Gasteiger partial charge on any atom is 0.164 e. The molecule has 2 aromatic heterocycles. The summed E-state index contributed by atoms with van der Waals surface area (Å²) in [5, 5.41) is 20.0. The molecule has 6 heteroatoms. The van der Waals surface area contributed by atoms with E-state index in [9.17, 15) is 10.2 Å². The van der Waals surface area contributed by atoms with E-state index in [0.29, 0.717) is 12.1 Å². The molecule has 2 heterocycles. The first-order valence-corrected chi connectivity index (χ1v) is 6.81. The molecule has 2 aromatic rings. The predicted molar refractivity (Wildman–Crippen MR) is 78.6 cm³/mol. The van der Waals surface area contributed by atoms with Crippen LogP contribution >= 0.6 is 0 Å². The standard InChI is InChI=1S/C15H18N4O2/c1-4-15(6-20)9(2)11(5-12(15)21)19-8-18-13-10(3)16-7-17-14(13)19/h4,7-8,11-12,20-21H,1-2,5-6H2,3H3/t11-,12-,15-/m0/s1. The fourth-order valence-corrected chi connectivity index (χ4v) is 3.11. The van der Waals surface area contributed by atoms with Crippen molar-refractivity contribution in [2.24, 2.45) is 5.41 Å². The van der Waals surface area contributed by atoms with Crippen molar-refractivity contribution >= 4 is 11.2 Å². The van der Waals surface area contributed by atoms with Gasteiger partial charge in [0, 0.05) is 0 Å². The maximum atomic E-state index is 10.3. The first kappa shape index (κ1) is 13.9. The van der Waals surface area contributed by atoms with Gasteiger partial charge < -0.3 is 14.8 Å². The Morgan fingerprint density at radius 1 is 1.48 bits per heavy atom. The normalized spacial score (nSPS) is 29.2. The van der Waals surface area contributed by atoms with Gasteiger partial charge in [-0.05, 0) is 18.9 Å². The van der Waals surface area contributed by atoms with Gasteiger partial charge in [-0.15, -0.1) is 6.58 Å². The molecule has 3 rings (SSSR count). The Kier molecular flexibility index (Phi) is 3.15. The Hall–Kier alpha value is -2.05. The first-order valence-electron chi connectivity index (χ1n) is 6.81. The smallest absolute Gasteiger partial charge is 0.164 e. The molecule has 0 unspecified atom stereocenters. The zero-order chi connectivity index (χ0) is 15.2. The largest absolute Gasteiger partial charge is 0.395 e. The van der Waals surface area contributed by atoms with Crippen molar-refractivity contribution in [1.29, 1.82) is 0 Å². The molecular formula is C15H18N4O2. The fraction of sp³-hybridized carbons (Fsp3) is 0.400. The van der Waals surface area contributed by atoms with E-state index >= 15 is 0 Å². The van der Waals surface area contributed by atoms with E-state index in [1.54, 1.807) is 12.4 Å². The van der Waals surface area contributed by atoms with Crippen LogP contribution in [0.1, 0.15) is 18.2 Å². The summed E-state index contributed by atoms with van der Waals surface area (Å²) in [5.74, 6) is 0. The van der Waals surface area contributed by atoms with Gasteiger partial charge in [0.2, 0.25) is 0 Å². The predicted octanol–water partition coefficient (Wildman–Crippen LogP) is 1.16. The molecular weight excluding hydrogens is 268 g/mol. The molecule has 0 bridgehead atoms. The van der Waals surface area contributed by atoms with E-state index < -0.39 is 11.5 Å². The van der Waals surface area contributed by atoms with Crippen molar-refractivity contribution in [3.05, 3.63) is 43.2 Å². The van der Waals surface area contributed by atoms with Gasteiger partial charge >= 0.3 is 0 Å². The number of aryl methyl sites for hydroxylation is 1. The minimum absolute atomic E-state index is 0.176. The minimum atomic E-state index is -0.872. The molecule has 0 amide bonds. The third kappa shape index (κ3) is 1.76. The number of imidazole rings is 1. The zero-order valence-corrected chi connectivity index (χ0v) is 11.9. The molecule has 0 saturated heterocycles. The van der Waals surface area contributed by atoms with Crippen LogP contribution < -0.4 is 0 Å². The van der Waals surface area contributed by atoms with Crippen LogP contribution in [0.15, 0.2) is 37.5 Å². The highest BCUT2D eigenvalue weighted by molar-refractivity contribution is 5.73. The molecule has 0 aliphatic heterocycles. The van der Waals surface area contributed by atoms with Gasteiger partial charge in [-0.1, -0.05) is 12.7 Å². The average Bonchev–Trinajstić information content (AvgIpc) is 3.00. The van der Waals surface area contributed by atoms with Gasteiger partial charge in [0.15, 0.2) is 5.65 Å². The molecule has 1 aliphatic rings. The van der Waals surface area contributed by atoms with Crippen molar-refractivity contribution in [2.45, 2.75) is 25.5 Å². The third-order valence-electron chi connectivity index (χ3n) is 4.54. The van der Waals surface area contributed by atoms with Gasteiger partial charge in [-0.3, -0.25) is 0 Å². The van der Waals surface area contributed by atoms with Crippen molar-refractivity contribution in [1.82, 2.24) is 19.5 Å². The van der Waals surface area contributed by atoms with Gasteiger partial charge in [0.05, 0.1) is 36.2 Å². The number of rotatable bonds is 3. The summed E-state index contributed by atoms with van der Waals surface area (Å²) >= 11 is 0. The molecule has 1 aliphatic carbocycles. The lowest BCUT2D eigenvalue weighted by atomic mass is 9.81. The molecule has 0 aromatic carbocycles. The lowest BCUT2D eigenvalue weighted by Crippen LogP contribution is -2.32. The van der Waals surface area contributed by atoms with E-state index in [4.69, 9.17) is 0 Å². The van der Waals surface area contributed by atoms with Crippen LogP contribution in [-0.4, -0.2) is 42.4 Å². The Morgan fingerprint density at radius 2 is 2.24 bits per heavy atom. The van der Waals surface area contributed by atoms with Crippen LogP contribution in [0.25, 0.3) is 11.2 Å². The zero-order valence-electron chi connectivity index (χ0n) is 11.9. The van der Waals surface area contributed by atoms with E-state index in [2.05, 4.69) is 28.1 Å². The molecule has 3 atom stereocenters. The van der Waals surface area contributed by atoms with E-state index in [1.165, 1.54) is 6.33 Å². The fourth-order valence-electron chi connectivity index (χ4n) is 3.11. The number of fused-ring (bicyclic) bond motifs is 1. The third-order valence-corrected chi connectivity index (χ3v) is 4.54. The Morgan fingerprint density at radius 3 is 2.86 bits per heavy atom. The van der Waals surface area contributed by atoms with Crippen molar-refractivity contribution in [2.75, 3.05) is 6.61 Å². The topological polar surface area (TPSA) is 84.1 Å². The molecule has 110 valence electrons. The van der Waals surface area contributed by atoms with Crippen LogP contribution in [0, 0.1) is 12.3 Å². The van der Waals surface area contributed by atoms with Crippen molar-refractivity contribution < 1.29 is 10.2 Å². The summed E-state index contributed by atoms with van der Waals surface area (Å²) in [6.45, 7) is 9.49. The summed E-state index contributed by atoms with van der Waals surface area (Å²) in [6, 6.07) is -0.176. The second-order valence-corrected chi connectivity index (χ2v) is 5.48. The highest BCUT2D eigenvalue weighted by Gasteiger charge is 2.48. The number of aliphatic hydroxyl groups is 2. The molecule has 21 heavy (non-hydrogen) atoms. The van der Waals surface area contributed by atoms with Crippen LogP contribution in [0.5, 0.6) is 0 Å². The van der Waals surface area contributed by atoms with Crippen LogP contribution in [-0.2, 0) is 0 Å². The van der Waals surface area contributed by atoms with Gasteiger partial charge in [-0.2, -0.15) is 0 Å². The van der Waals surface area contributed by atoms with Crippen LogP contribution in [0.2, 0.25) is 0 Å². The number of hydrogen-bond acceptors (Lipinski definition) is 5.